The average Bonchev–Trinajstić information content (AvgIpc) is 3.51. The van der Waals surface area contributed by atoms with Gasteiger partial charge in [-0.15, -0.1) is 0 Å². The fourth-order valence-electron chi connectivity index (χ4n) is 3.26. The van der Waals surface area contributed by atoms with Gasteiger partial charge in [0.05, 0.1) is 0 Å². The third kappa shape index (κ3) is 5.25. The lowest BCUT2D eigenvalue weighted by Gasteiger charge is -2.26. The van der Waals surface area contributed by atoms with E-state index in [0.29, 0.717) is 24.3 Å². The summed E-state index contributed by atoms with van der Waals surface area (Å²) in [5.41, 5.74) is 3.05. The molecule has 0 heterocycles. The Balaban J connectivity index is 1.87. The zero-order chi connectivity index (χ0) is 21.0. The number of rotatable bonds is 7. The van der Waals surface area contributed by atoms with Crippen molar-refractivity contribution < 1.29 is 14.0 Å². The maximum atomic E-state index is 13.2. The van der Waals surface area contributed by atoms with Crippen LogP contribution in [0.1, 0.15) is 35.7 Å². The molecule has 0 radical (unpaired) electrons. The fourth-order valence-corrected chi connectivity index (χ4v) is 3.26. The standard InChI is InChI=1S/C22H27FN4O2/c1-4-24-22(29)25-18-9-12-20(26(2)3)16(13-18)14-27(19-10-11-19)21(28)15-5-7-17(23)8-6-15/h5-9,12-13,19H,4,10-11,14H2,1-3H3,(H2,24,25,29). The van der Waals surface area contributed by atoms with E-state index in [1.807, 2.05) is 49.0 Å². The number of hydrogen-bond donors (Lipinski definition) is 2. The molecule has 0 unspecified atom stereocenters. The van der Waals surface area contributed by atoms with Crippen molar-refractivity contribution in [1.82, 2.24) is 10.2 Å². The predicted molar refractivity (Wildman–Crippen MR) is 113 cm³/mol. The number of carbonyl (C=O) groups excluding carboxylic acids is 2. The second-order valence-corrected chi connectivity index (χ2v) is 7.39. The lowest BCUT2D eigenvalue weighted by Crippen LogP contribution is -2.33. The van der Waals surface area contributed by atoms with Crippen LogP contribution in [-0.4, -0.2) is 43.5 Å². The lowest BCUT2D eigenvalue weighted by atomic mass is 10.1. The van der Waals surface area contributed by atoms with Crippen LogP contribution in [0, 0.1) is 5.82 Å². The third-order valence-corrected chi connectivity index (χ3v) is 4.84. The molecule has 29 heavy (non-hydrogen) atoms. The molecule has 1 aliphatic carbocycles. The van der Waals surface area contributed by atoms with Crippen molar-refractivity contribution in [3.63, 3.8) is 0 Å². The molecular formula is C22H27FN4O2. The van der Waals surface area contributed by atoms with Crippen LogP contribution < -0.4 is 15.5 Å². The molecule has 0 aliphatic heterocycles. The fraction of sp³-hybridized carbons (Fsp3) is 0.364. The first-order valence-electron chi connectivity index (χ1n) is 9.80. The molecule has 2 aromatic rings. The Morgan fingerprint density at radius 3 is 2.38 bits per heavy atom. The number of halogens is 1. The van der Waals surface area contributed by atoms with Gasteiger partial charge < -0.3 is 20.4 Å². The Morgan fingerprint density at radius 1 is 1.10 bits per heavy atom. The van der Waals surface area contributed by atoms with Crippen LogP contribution in [0.4, 0.5) is 20.6 Å². The summed E-state index contributed by atoms with van der Waals surface area (Å²) in [6.45, 7) is 2.81. The minimum atomic E-state index is -0.362. The number of urea groups is 1. The Bertz CT molecular complexity index is 879. The zero-order valence-corrected chi connectivity index (χ0v) is 17.0. The first kappa shape index (κ1) is 20.6. The van der Waals surface area contributed by atoms with Crippen molar-refractivity contribution in [1.29, 1.82) is 0 Å². The van der Waals surface area contributed by atoms with Gasteiger partial charge in [-0.2, -0.15) is 0 Å². The highest BCUT2D eigenvalue weighted by Crippen LogP contribution is 2.32. The Labute approximate surface area is 170 Å². The summed E-state index contributed by atoms with van der Waals surface area (Å²) in [4.78, 5) is 28.8. The van der Waals surface area contributed by atoms with Crippen molar-refractivity contribution in [3.05, 3.63) is 59.4 Å². The van der Waals surface area contributed by atoms with E-state index in [0.717, 1.165) is 24.1 Å². The number of carbonyl (C=O) groups is 2. The first-order valence-corrected chi connectivity index (χ1v) is 9.80. The largest absolute Gasteiger partial charge is 0.377 e. The summed E-state index contributed by atoms with van der Waals surface area (Å²) in [6.07, 6.45) is 1.92. The number of anilines is 2. The number of benzene rings is 2. The molecule has 7 heteroatoms. The number of amides is 3. The van der Waals surface area contributed by atoms with Crippen LogP contribution in [0.3, 0.4) is 0 Å². The van der Waals surface area contributed by atoms with Crippen molar-refractivity contribution in [2.45, 2.75) is 32.4 Å². The number of nitrogens with one attached hydrogen (secondary N) is 2. The lowest BCUT2D eigenvalue weighted by molar-refractivity contribution is 0.0730. The van der Waals surface area contributed by atoms with Crippen LogP contribution in [0.2, 0.25) is 0 Å². The van der Waals surface area contributed by atoms with Crippen molar-refractivity contribution >= 4 is 23.3 Å². The molecule has 1 saturated carbocycles. The molecular weight excluding hydrogens is 371 g/mol. The summed E-state index contributed by atoms with van der Waals surface area (Å²) < 4.78 is 13.2. The maximum Gasteiger partial charge on any atom is 0.319 e. The monoisotopic (exact) mass is 398 g/mol. The molecule has 0 aromatic heterocycles. The van der Waals surface area contributed by atoms with E-state index in [-0.39, 0.29) is 23.8 Å². The van der Waals surface area contributed by atoms with Gasteiger partial charge in [-0.1, -0.05) is 0 Å². The Hall–Kier alpha value is -3.09. The van der Waals surface area contributed by atoms with Crippen LogP contribution in [-0.2, 0) is 6.54 Å². The van der Waals surface area contributed by atoms with Crippen LogP contribution >= 0.6 is 0 Å². The highest BCUT2D eigenvalue weighted by molar-refractivity contribution is 5.95. The van der Waals surface area contributed by atoms with Crippen molar-refractivity contribution in [2.75, 3.05) is 30.9 Å². The minimum Gasteiger partial charge on any atom is -0.377 e. The van der Waals surface area contributed by atoms with E-state index in [2.05, 4.69) is 10.6 Å². The molecule has 1 fully saturated rings. The van der Waals surface area contributed by atoms with Gasteiger partial charge in [-0.3, -0.25) is 4.79 Å². The van der Waals surface area contributed by atoms with Crippen molar-refractivity contribution in [2.24, 2.45) is 0 Å². The van der Waals surface area contributed by atoms with E-state index in [9.17, 15) is 14.0 Å². The summed E-state index contributed by atoms with van der Waals surface area (Å²) in [7, 11) is 3.89. The van der Waals surface area contributed by atoms with Crippen LogP contribution in [0.25, 0.3) is 0 Å². The van der Waals surface area contributed by atoms with Gasteiger partial charge in [0.1, 0.15) is 5.82 Å². The number of nitrogens with zero attached hydrogens (tertiary/aromatic N) is 2. The van der Waals surface area contributed by atoms with Gasteiger partial charge in [-0.05, 0) is 67.8 Å². The molecule has 154 valence electrons. The molecule has 0 bridgehead atoms. The molecule has 0 spiro atoms. The molecule has 1 aliphatic rings. The van der Waals surface area contributed by atoms with Crippen LogP contribution in [0.15, 0.2) is 42.5 Å². The number of hydrogen-bond acceptors (Lipinski definition) is 3. The van der Waals surface area contributed by atoms with Gasteiger partial charge in [0.2, 0.25) is 0 Å². The Morgan fingerprint density at radius 2 is 1.79 bits per heavy atom. The molecule has 0 atom stereocenters. The van der Waals surface area contributed by atoms with Gasteiger partial charge in [0.15, 0.2) is 0 Å². The second-order valence-electron chi connectivity index (χ2n) is 7.39. The predicted octanol–water partition coefficient (Wildman–Crippen LogP) is 3.84. The average molecular weight is 398 g/mol. The summed E-state index contributed by atoms with van der Waals surface area (Å²) in [6, 6.07) is 11.3. The van der Waals surface area contributed by atoms with E-state index < -0.39 is 0 Å². The summed E-state index contributed by atoms with van der Waals surface area (Å²) in [5.74, 6) is -0.474. The SMILES string of the molecule is CCNC(=O)Nc1ccc(N(C)C)c(CN(C(=O)c2ccc(F)cc2)C2CC2)c1. The third-order valence-electron chi connectivity index (χ3n) is 4.84. The molecule has 2 N–H and O–H groups in total. The van der Waals surface area contributed by atoms with Gasteiger partial charge in [0.25, 0.3) is 5.91 Å². The van der Waals surface area contributed by atoms with Crippen LogP contribution in [0.5, 0.6) is 0 Å². The molecule has 2 aromatic carbocycles. The Kier molecular flexibility index (Phi) is 6.36. The molecule has 3 amide bonds. The van der Waals surface area contributed by atoms with Gasteiger partial charge >= 0.3 is 6.03 Å². The first-order chi connectivity index (χ1) is 13.9. The summed E-state index contributed by atoms with van der Waals surface area (Å²) >= 11 is 0. The maximum absolute atomic E-state index is 13.2. The van der Waals surface area contributed by atoms with E-state index in [1.165, 1.54) is 24.3 Å². The van der Waals surface area contributed by atoms with E-state index in [4.69, 9.17) is 0 Å². The second kappa shape index (κ2) is 8.94. The summed E-state index contributed by atoms with van der Waals surface area (Å²) in [5, 5.41) is 5.53. The van der Waals surface area contributed by atoms with Crippen molar-refractivity contribution in [3.8, 4) is 0 Å². The molecule has 6 nitrogen and oxygen atoms in total. The smallest absolute Gasteiger partial charge is 0.319 e. The highest BCUT2D eigenvalue weighted by atomic mass is 19.1. The zero-order valence-electron chi connectivity index (χ0n) is 17.0. The highest BCUT2D eigenvalue weighted by Gasteiger charge is 2.33. The minimum absolute atomic E-state index is 0.112. The molecule has 0 saturated heterocycles. The normalized spacial score (nSPS) is 13.0. The van der Waals surface area contributed by atoms with Gasteiger partial charge in [-0.25, -0.2) is 9.18 Å². The van der Waals surface area contributed by atoms with E-state index in [1.54, 1.807) is 0 Å². The topological polar surface area (TPSA) is 64.7 Å². The van der Waals surface area contributed by atoms with Gasteiger partial charge in [0, 0.05) is 50.2 Å². The van der Waals surface area contributed by atoms with E-state index >= 15 is 0 Å². The molecule has 3 rings (SSSR count). The quantitative estimate of drug-likeness (QED) is 0.745.